The summed E-state index contributed by atoms with van der Waals surface area (Å²) in [6.07, 6.45) is -4.31. The number of benzene rings is 1. The lowest BCUT2D eigenvalue weighted by molar-refractivity contribution is -0.159. The molecule has 0 radical (unpaired) electrons. The number of ether oxygens (including phenoxy) is 1. The molecule has 3 amide bonds. The van der Waals surface area contributed by atoms with Gasteiger partial charge >= 0.3 is 12.1 Å². The van der Waals surface area contributed by atoms with Gasteiger partial charge in [-0.1, -0.05) is 17.3 Å². The van der Waals surface area contributed by atoms with Crippen molar-refractivity contribution in [1.29, 1.82) is 0 Å². The summed E-state index contributed by atoms with van der Waals surface area (Å²) in [6.45, 7) is 1.46. The van der Waals surface area contributed by atoms with Gasteiger partial charge in [0.05, 0.1) is 19.3 Å². The summed E-state index contributed by atoms with van der Waals surface area (Å²) in [5.41, 5.74) is 0.501. The van der Waals surface area contributed by atoms with Gasteiger partial charge in [0.15, 0.2) is 0 Å². The van der Waals surface area contributed by atoms with Crippen molar-refractivity contribution in [3.8, 4) is 11.4 Å². The minimum Gasteiger partial charge on any atom is -0.377 e. The zero-order chi connectivity index (χ0) is 23.6. The number of aromatic nitrogens is 2. The van der Waals surface area contributed by atoms with Gasteiger partial charge in [-0.15, -0.1) is 0 Å². The number of hydrogen-bond acceptors (Lipinski definition) is 7. The number of nitrogens with one attached hydrogen (secondary N) is 2. The molecule has 2 saturated heterocycles. The fourth-order valence-electron chi connectivity index (χ4n) is 3.68. The van der Waals surface area contributed by atoms with Crippen molar-refractivity contribution in [3.05, 3.63) is 35.7 Å². The Morgan fingerprint density at radius 2 is 2.00 bits per heavy atom. The molecule has 1 aromatic carbocycles. The maximum Gasteiger partial charge on any atom is 0.471 e. The molecule has 1 unspecified atom stereocenters. The number of halogens is 3. The van der Waals surface area contributed by atoms with E-state index < -0.39 is 29.9 Å². The van der Waals surface area contributed by atoms with Crippen LogP contribution >= 0.6 is 0 Å². The Kier molecular flexibility index (Phi) is 6.31. The lowest BCUT2D eigenvalue weighted by atomic mass is 10.0. The molecule has 0 aliphatic carbocycles. The number of hydrogen-bond donors (Lipinski definition) is 2. The van der Waals surface area contributed by atoms with Crippen LogP contribution in [0.5, 0.6) is 0 Å². The molecule has 10 nitrogen and oxygen atoms in total. The van der Waals surface area contributed by atoms with Crippen molar-refractivity contribution in [2.75, 3.05) is 32.8 Å². The van der Waals surface area contributed by atoms with Crippen molar-refractivity contribution < 1.29 is 36.8 Å². The van der Waals surface area contributed by atoms with Gasteiger partial charge in [-0.25, -0.2) is 0 Å². The fraction of sp³-hybridized carbons (Fsp3) is 0.450. The van der Waals surface area contributed by atoms with Gasteiger partial charge in [-0.3, -0.25) is 14.4 Å². The normalized spacial score (nSPS) is 21.1. The molecular formula is C20H20F3N5O5. The van der Waals surface area contributed by atoms with E-state index in [1.165, 1.54) is 24.3 Å². The Bertz CT molecular complexity index is 1040. The van der Waals surface area contributed by atoms with Crippen LogP contribution in [-0.2, 0) is 20.5 Å². The van der Waals surface area contributed by atoms with Gasteiger partial charge in [-0.05, 0) is 18.6 Å². The molecule has 176 valence electrons. The van der Waals surface area contributed by atoms with Gasteiger partial charge in [-0.2, -0.15) is 18.2 Å². The van der Waals surface area contributed by atoms with E-state index in [0.29, 0.717) is 26.1 Å². The highest BCUT2D eigenvalue weighted by Crippen LogP contribution is 2.29. The molecule has 0 saturated carbocycles. The van der Waals surface area contributed by atoms with Crippen LogP contribution in [0.1, 0.15) is 22.7 Å². The molecule has 33 heavy (non-hydrogen) atoms. The highest BCUT2D eigenvalue weighted by molar-refractivity contribution is 6.01. The fourth-order valence-corrected chi connectivity index (χ4v) is 3.68. The smallest absolute Gasteiger partial charge is 0.377 e. The van der Waals surface area contributed by atoms with E-state index in [-0.39, 0.29) is 41.9 Å². The second kappa shape index (κ2) is 9.17. The van der Waals surface area contributed by atoms with Crippen molar-refractivity contribution in [2.45, 2.75) is 18.6 Å². The van der Waals surface area contributed by atoms with E-state index >= 15 is 0 Å². The van der Waals surface area contributed by atoms with E-state index in [0.717, 1.165) is 0 Å². The van der Waals surface area contributed by atoms with Crippen LogP contribution in [0.2, 0.25) is 0 Å². The number of rotatable bonds is 5. The largest absolute Gasteiger partial charge is 0.471 e. The first-order chi connectivity index (χ1) is 15.7. The highest BCUT2D eigenvalue weighted by Gasteiger charge is 2.39. The monoisotopic (exact) mass is 467 g/mol. The first kappa shape index (κ1) is 22.7. The predicted molar refractivity (Wildman–Crippen MR) is 105 cm³/mol. The summed E-state index contributed by atoms with van der Waals surface area (Å²) < 4.78 is 47.5. The van der Waals surface area contributed by atoms with E-state index in [1.807, 2.05) is 0 Å². The summed E-state index contributed by atoms with van der Waals surface area (Å²) in [6, 6.07) is 5.20. The van der Waals surface area contributed by atoms with Crippen LogP contribution in [0.15, 0.2) is 28.8 Å². The third-order valence-electron chi connectivity index (χ3n) is 5.43. The van der Waals surface area contributed by atoms with Crippen LogP contribution < -0.4 is 10.6 Å². The van der Waals surface area contributed by atoms with Crippen molar-refractivity contribution >= 4 is 17.7 Å². The zero-order valence-corrected chi connectivity index (χ0v) is 17.2. The quantitative estimate of drug-likeness (QED) is 0.625. The molecule has 0 bridgehead atoms. The predicted octanol–water partition coefficient (Wildman–Crippen LogP) is 0.849. The molecule has 2 aromatic rings. The van der Waals surface area contributed by atoms with Gasteiger partial charge in [0.25, 0.3) is 5.91 Å². The SMILES string of the molecule is O=C(NC[C@H]1COCCN1C(=O)C1CCNC1=O)c1ccc(-c2noc(C(F)(F)F)n2)cc1. The molecule has 2 fully saturated rings. The molecule has 2 atom stereocenters. The lowest BCUT2D eigenvalue weighted by Crippen LogP contribution is -2.55. The number of carbonyl (C=O) groups is 3. The molecule has 4 rings (SSSR count). The molecule has 0 spiro atoms. The Morgan fingerprint density at radius 1 is 1.24 bits per heavy atom. The molecule has 2 aliphatic rings. The van der Waals surface area contributed by atoms with E-state index in [9.17, 15) is 27.6 Å². The van der Waals surface area contributed by atoms with Gasteiger partial charge in [0, 0.05) is 30.8 Å². The van der Waals surface area contributed by atoms with Gasteiger partial charge < -0.3 is 24.8 Å². The average molecular weight is 467 g/mol. The van der Waals surface area contributed by atoms with Crippen LogP contribution in [0.3, 0.4) is 0 Å². The Morgan fingerprint density at radius 3 is 2.64 bits per heavy atom. The first-order valence-electron chi connectivity index (χ1n) is 10.2. The molecule has 1 aromatic heterocycles. The minimum atomic E-state index is -4.75. The molecule has 13 heteroatoms. The van der Waals surface area contributed by atoms with Gasteiger partial charge in [0.1, 0.15) is 5.92 Å². The second-order valence-corrected chi connectivity index (χ2v) is 7.60. The van der Waals surface area contributed by atoms with Crippen LogP contribution in [0.25, 0.3) is 11.4 Å². The van der Waals surface area contributed by atoms with E-state index in [1.54, 1.807) is 4.90 Å². The number of alkyl halides is 3. The number of nitrogens with zero attached hydrogens (tertiary/aromatic N) is 3. The van der Waals surface area contributed by atoms with Crippen molar-refractivity contribution in [3.63, 3.8) is 0 Å². The van der Waals surface area contributed by atoms with Gasteiger partial charge in [0.2, 0.25) is 17.6 Å². The third kappa shape index (κ3) is 4.97. The zero-order valence-electron chi connectivity index (χ0n) is 17.2. The maximum atomic E-state index is 12.8. The van der Waals surface area contributed by atoms with Crippen LogP contribution in [0, 0.1) is 5.92 Å². The second-order valence-electron chi connectivity index (χ2n) is 7.60. The number of morpholine rings is 1. The Hall–Kier alpha value is -3.48. The summed E-state index contributed by atoms with van der Waals surface area (Å²) in [4.78, 5) is 42.1. The molecule has 2 aliphatic heterocycles. The molecular weight excluding hydrogens is 447 g/mol. The Balaban J connectivity index is 1.37. The standard InChI is InChI=1S/C20H20F3N5O5/c21-20(22,23)19-26-15(27-33-19)11-1-3-12(4-2-11)16(29)25-9-13-10-32-8-7-28(13)18(31)14-5-6-24-17(14)30/h1-4,13-14H,5-10H2,(H,24,30)(H,25,29)/t13-,14?/m0/s1. The lowest BCUT2D eigenvalue weighted by Gasteiger charge is -2.36. The van der Waals surface area contributed by atoms with E-state index in [2.05, 4.69) is 25.3 Å². The summed E-state index contributed by atoms with van der Waals surface area (Å²) in [5, 5.41) is 8.67. The summed E-state index contributed by atoms with van der Waals surface area (Å²) >= 11 is 0. The molecule has 3 heterocycles. The number of amides is 3. The minimum absolute atomic E-state index is 0.112. The average Bonchev–Trinajstić information content (AvgIpc) is 3.47. The summed E-state index contributed by atoms with van der Waals surface area (Å²) in [5.74, 6) is -3.45. The highest BCUT2D eigenvalue weighted by atomic mass is 19.4. The van der Waals surface area contributed by atoms with Crippen molar-refractivity contribution in [2.24, 2.45) is 5.92 Å². The first-order valence-corrected chi connectivity index (χ1v) is 10.2. The van der Waals surface area contributed by atoms with Crippen LogP contribution in [0.4, 0.5) is 13.2 Å². The topological polar surface area (TPSA) is 127 Å². The Labute approximate surface area is 185 Å². The van der Waals surface area contributed by atoms with E-state index in [4.69, 9.17) is 4.74 Å². The summed E-state index contributed by atoms with van der Waals surface area (Å²) in [7, 11) is 0. The number of carbonyl (C=O) groups excluding carboxylic acids is 3. The maximum absolute atomic E-state index is 12.8. The third-order valence-corrected chi connectivity index (χ3v) is 5.43. The van der Waals surface area contributed by atoms with Crippen LogP contribution in [-0.4, -0.2) is 71.7 Å². The molecule has 2 N–H and O–H groups in total. The van der Waals surface area contributed by atoms with Crippen molar-refractivity contribution in [1.82, 2.24) is 25.7 Å².